The highest BCUT2D eigenvalue weighted by Gasteiger charge is 2.40. The summed E-state index contributed by atoms with van der Waals surface area (Å²) in [4.78, 5) is 56.4. The number of amides is 4. The molecule has 0 bridgehead atoms. The average molecular weight is 621 g/mol. The molecule has 1 aliphatic carbocycles. The SMILES string of the molecule is CC1(C)CCC(C(=O)N2CCN(Cc3ccc4c(c3)CN(C3CCC(=O)NC3=O)C4=O)C(CF)C2)=C(c2ccc(Cl)cc2)C1. The minimum Gasteiger partial charge on any atom is -0.336 e. The van der Waals surface area contributed by atoms with Gasteiger partial charge in [0.25, 0.3) is 5.91 Å². The molecule has 1 N–H and O–H groups in total. The summed E-state index contributed by atoms with van der Waals surface area (Å²) in [5, 5.41) is 2.98. The van der Waals surface area contributed by atoms with Crippen LogP contribution < -0.4 is 5.32 Å². The van der Waals surface area contributed by atoms with Crippen molar-refractivity contribution in [1.29, 1.82) is 0 Å². The van der Waals surface area contributed by atoms with Gasteiger partial charge >= 0.3 is 0 Å². The molecular weight excluding hydrogens is 583 g/mol. The van der Waals surface area contributed by atoms with Crippen LogP contribution in [0.25, 0.3) is 5.57 Å². The normalized spacial score (nSPS) is 24.0. The predicted molar refractivity (Wildman–Crippen MR) is 165 cm³/mol. The summed E-state index contributed by atoms with van der Waals surface area (Å²) in [6, 6.07) is 12.2. The fraction of sp³-hybridized carbons (Fsp3) is 0.471. The van der Waals surface area contributed by atoms with E-state index in [0.29, 0.717) is 56.2 Å². The van der Waals surface area contributed by atoms with Crippen molar-refractivity contribution in [2.45, 2.75) is 71.1 Å². The zero-order valence-corrected chi connectivity index (χ0v) is 26.0. The number of piperidine rings is 1. The van der Waals surface area contributed by atoms with Gasteiger partial charge in [0.15, 0.2) is 0 Å². The average Bonchev–Trinajstić information content (AvgIpc) is 3.32. The lowest BCUT2D eigenvalue weighted by Crippen LogP contribution is -2.55. The zero-order valence-electron chi connectivity index (χ0n) is 25.2. The van der Waals surface area contributed by atoms with E-state index in [1.165, 1.54) is 4.90 Å². The Morgan fingerprint density at radius 1 is 1.07 bits per heavy atom. The third-order valence-electron chi connectivity index (χ3n) is 9.57. The second-order valence-corrected chi connectivity index (χ2v) is 13.7. The first kappa shape index (κ1) is 30.5. The Hall–Kier alpha value is -3.56. The molecule has 2 saturated heterocycles. The Labute approximate surface area is 262 Å². The lowest BCUT2D eigenvalue weighted by molar-refractivity contribution is -0.137. The summed E-state index contributed by atoms with van der Waals surface area (Å²) in [5.41, 5.74) is 5.29. The Kier molecular flexibility index (Phi) is 8.37. The van der Waals surface area contributed by atoms with Gasteiger partial charge in [-0.2, -0.15) is 0 Å². The number of hydrogen-bond donors (Lipinski definition) is 1. The van der Waals surface area contributed by atoms with Crippen molar-refractivity contribution in [2.75, 3.05) is 26.3 Å². The molecule has 2 unspecified atom stereocenters. The Morgan fingerprint density at radius 2 is 1.84 bits per heavy atom. The summed E-state index contributed by atoms with van der Waals surface area (Å²) in [7, 11) is 0. The molecule has 10 heteroatoms. The first-order valence-corrected chi connectivity index (χ1v) is 15.7. The van der Waals surface area contributed by atoms with Gasteiger partial charge in [0, 0.05) is 55.3 Å². The van der Waals surface area contributed by atoms with Crippen molar-refractivity contribution in [3.63, 3.8) is 0 Å². The summed E-state index contributed by atoms with van der Waals surface area (Å²) in [6.45, 7) is 6.01. The maximum Gasteiger partial charge on any atom is 0.255 e. The molecule has 232 valence electrons. The van der Waals surface area contributed by atoms with Crippen LogP contribution >= 0.6 is 11.6 Å². The van der Waals surface area contributed by atoms with Crippen LogP contribution in [-0.4, -0.2) is 76.7 Å². The minimum absolute atomic E-state index is 0.00636. The van der Waals surface area contributed by atoms with E-state index < -0.39 is 24.7 Å². The predicted octanol–water partition coefficient (Wildman–Crippen LogP) is 4.75. The number of allylic oxidation sites excluding steroid dienone is 1. The van der Waals surface area contributed by atoms with Crippen molar-refractivity contribution in [2.24, 2.45) is 5.41 Å². The second kappa shape index (κ2) is 12.1. The molecule has 2 aromatic rings. The van der Waals surface area contributed by atoms with Crippen LogP contribution in [0.1, 0.15) is 73.0 Å². The number of halogens is 2. The first-order chi connectivity index (χ1) is 21.0. The topological polar surface area (TPSA) is 90.0 Å². The van der Waals surface area contributed by atoms with Crippen molar-refractivity contribution in [3.8, 4) is 0 Å². The molecule has 8 nitrogen and oxygen atoms in total. The molecule has 2 aromatic carbocycles. The fourth-order valence-corrected chi connectivity index (χ4v) is 7.16. The molecule has 4 aliphatic rings. The number of fused-ring (bicyclic) bond motifs is 1. The Bertz CT molecular complexity index is 1540. The Morgan fingerprint density at radius 3 is 2.57 bits per heavy atom. The smallest absolute Gasteiger partial charge is 0.255 e. The highest BCUT2D eigenvalue weighted by Crippen LogP contribution is 2.44. The number of carbonyl (C=O) groups is 4. The van der Waals surface area contributed by atoms with E-state index in [1.807, 2.05) is 41.3 Å². The van der Waals surface area contributed by atoms with Crippen molar-refractivity contribution in [1.82, 2.24) is 20.0 Å². The van der Waals surface area contributed by atoms with Crippen LogP contribution in [0, 0.1) is 5.41 Å². The van der Waals surface area contributed by atoms with Crippen molar-refractivity contribution in [3.05, 3.63) is 75.3 Å². The molecule has 0 aromatic heterocycles. The molecule has 44 heavy (non-hydrogen) atoms. The van der Waals surface area contributed by atoms with E-state index in [0.717, 1.165) is 40.7 Å². The highest BCUT2D eigenvalue weighted by atomic mass is 35.5. The molecule has 0 saturated carbocycles. The van der Waals surface area contributed by atoms with Gasteiger partial charge in [0.2, 0.25) is 17.7 Å². The van der Waals surface area contributed by atoms with Crippen LogP contribution in [0.3, 0.4) is 0 Å². The van der Waals surface area contributed by atoms with Crippen LogP contribution in [0.15, 0.2) is 48.0 Å². The number of nitrogens with one attached hydrogen (secondary N) is 1. The van der Waals surface area contributed by atoms with Crippen molar-refractivity contribution >= 4 is 40.8 Å². The van der Waals surface area contributed by atoms with Gasteiger partial charge in [0.1, 0.15) is 12.7 Å². The number of benzene rings is 2. The van der Waals surface area contributed by atoms with Gasteiger partial charge in [-0.3, -0.25) is 29.4 Å². The Balaban J connectivity index is 1.14. The first-order valence-electron chi connectivity index (χ1n) is 15.4. The van der Waals surface area contributed by atoms with Crippen LogP contribution in [0.4, 0.5) is 4.39 Å². The monoisotopic (exact) mass is 620 g/mol. The van der Waals surface area contributed by atoms with Crippen LogP contribution in [0.2, 0.25) is 5.02 Å². The standard InChI is InChI=1S/C34H38ClFN4O4/c1-34(2)12-11-27(28(16-34)22-4-6-24(35)7-5-22)32(43)39-14-13-38(25(17-36)20-39)18-21-3-8-26-23(15-21)19-40(33(26)44)29-9-10-30(41)37-31(29)42/h3-8,15,25,29H,9-14,16-20H2,1-2H3,(H,37,41,42). The van der Waals surface area contributed by atoms with Gasteiger partial charge in [-0.1, -0.05) is 49.7 Å². The van der Waals surface area contributed by atoms with Gasteiger partial charge in [-0.15, -0.1) is 0 Å². The molecule has 3 heterocycles. The van der Waals surface area contributed by atoms with Gasteiger partial charge < -0.3 is 9.80 Å². The fourth-order valence-electron chi connectivity index (χ4n) is 7.03. The molecular formula is C34H38ClFN4O4. The lowest BCUT2D eigenvalue weighted by Gasteiger charge is -2.42. The molecule has 0 radical (unpaired) electrons. The summed E-state index contributed by atoms with van der Waals surface area (Å²) < 4.78 is 14.5. The van der Waals surface area contributed by atoms with E-state index in [2.05, 4.69) is 24.1 Å². The molecule has 0 spiro atoms. The van der Waals surface area contributed by atoms with Crippen LogP contribution in [-0.2, 0) is 27.5 Å². The number of hydrogen-bond acceptors (Lipinski definition) is 5. The molecule has 6 rings (SSSR count). The number of alkyl halides is 1. The summed E-state index contributed by atoms with van der Waals surface area (Å²) in [6.07, 6.45) is 2.92. The minimum atomic E-state index is -0.664. The van der Waals surface area contributed by atoms with E-state index in [1.54, 1.807) is 6.07 Å². The number of piperazine rings is 1. The second-order valence-electron chi connectivity index (χ2n) is 13.2. The van der Waals surface area contributed by atoms with Gasteiger partial charge in [-0.25, -0.2) is 4.39 Å². The largest absolute Gasteiger partial charge is 0.336 e. The summed E-state index contributed by atoms with van der Waals surface area (Å²) >= 11 is 6.14. The third kappa shape index (κ3) is 6.04. The zero-order chi connectivity index (χ0) is 31.2. The number of imide groups is 1. The van der Waals surface area contributed by atoms with E-state index >= 15 is 0 Å². The maximum absolute atomic E-state index is 14.5. The molecule has 3 aliphatic heterocycles. The summed E-state index contributed by atoms with van der Waals surface area (Å²) in [5.74, 6) is -0.974. The number of carbonyl (C=O) groups excluding carboxylic acids is 4. The molecule has 4 amide bonds. The lowest BCUT2D eigenvalue weighted by atomic mass is 9.72. The van der Waals surface area contributed by atoms with E-state index in [-0.39, 0.29) is 29.6 Å². The number of nitrogens with zero attached hydrogens (tertiary/aromatic N) is 3. The molecule has 2 fully saturated rings. The van der Waals surface area contributed by atoms with E-state index in [4.69, 9.17) is 11.6 Å². The van der Waals surface area contributed by atoms with E-state index in [9.17, 15) is 23.6 Å². The quantitative estimate of drug-likeness (QED) is 0.471. The highest BCUT2D eigenvalue weighted by molar-refractivity contribution is 6.30. The van der Waals surface area contributed by atoms with Gasteiger partial charge in [0.05, 0.1) is 6.04 Å². The number of rotatable bonds is 6. The third-order valence-corrected chi connectivity index (χ3v) is 9.82. The molecule has 2 atom stereocenters. The maximum atomic E-state index is 14.5. The van der Waals surface area contributed by atoms with Crippen molar-refractivity contribution < 1.29 is 23.6 Å². The van der Waals surface area contributed by atoms with Gasteiger partial charge in [-0.05, 0) is 71.6 Å². The van der Waals surface area contributed by atoms with Crippen LogP contribution in [0.5, 0.6) is 0 Å².